The number of carbonyl (C=O) groups is 1. The van der Waals surface area contributed by atoms with Crippen LogP contribution >= 0.6 is 0 Å². The van der Waals surface area contributed by atoms with Crippen LogP contribution in [0.5, 0.6) is 0 Å². The molecule has 0 aliphatic rings. The van der Waals surface area contributed by atoms with E-state index in [1.807, 2.05) is 0 Å². The van der Waals surface area contributed by atoms with Crippen LogP contribution in [0, 0.1) is 0 Å². The Balaban J connectivity index is 0. The topological polar surface area (TPSA) is 49.4 Å². The third-order valence-electron chi connectivity index (χ3n) is 0.423. The Hall–Kier alpha value is 0.430. The smallest absolute Gasteiger partial charge is 0.846 e. The first-order chi connectivity index (χ1) is 3.31. The number of ether oxygens (including phenoxy) is 1. The third-order valence-corrected chi connectivity index (χ3v) is 0.423. The molecule has 42 valence electrons. The van der Waals surface area contributed by atoms with Gasteiger partial charge in [-0.1, -0.05) is 0 Å². The van der Waals surface area contributed by atoms with Gasteiger partial charge in [-0.25, -0.2) is 0 Å². The van der Waals surface area contributed by atoms with Gasteiger partial charge in [0, 0.05) is 0 Å². The summed E-state index contributed by atoms with van der Waals surface area (Å²) >= 11 is 0. The van der Waals surface area contributed by atoms with Gasteiger partial charge in [0.05, 0.1) is 6.61 Å². The molecule has 0 aromatic heterocycles. The minimum Gasteiger partial charge on any atom is -0.846 e. The normalized spacial score (nSPS) is 7.25. The fourth-order valence-corrected chi connectivity index (χ4v) is 0.203. The van der Waals surface area contributed by atoms with E-state index in [9.17, 15) is 9.90 Å². The van der Waals surface area contributed by atoms with Gasteiger partial charge in [0.15, 0.2) is 0 Å². The van der Waals surface area contributed by atoms with Crippen LogP contribution in [0.1, 0.15) is 6.92 Å². The van der Waals surface area contributed by atoms with Crippen molar-refractivity contribution in [1.82, 2.24) is 0 Å². The summed E-state index contributed by atoms with van der Waals surface area (Å²) in [6.07, 6.45) is 0. The fraction of sp³-hybridized carbons (Fsp3) is 0.750. The van der Waals surface area contributed by atoms with E-state index in [-0.39, 0.29) is 29.6 Å². The van der Waals surface area contributed by atoms with Crippen LogP contribution in [-0.4, -0.2) is 19.2 Å². The van der Waals surface area contributed by atoms with Crippen LogP contribution in [-0.2, 0) is 9.53 Å². The number of esters is 1. The van der Waals surface area contributed by atoms with Crippen molar-refractivity contribution in [2.24, 2.45) is 0 Å². The van der Waals surface area contributed by atoms with Crippen molar-refractivity contribution in [2.45, 2.75) is 6.92 Å². The van der Waals surface area contributed by atoms with Crippen molar-refractivity contribution in [1.29, 1.82) is 0 Å². The molecule has 0 heterocycles. The number of hydrogen-bond donors (Lipinski definition) is 0. The van der Waals surface area contributed by atoms with Crippen molar-refractivity contribution in [3.8, 4) is 0 Å². The Morgan fingerprint density at radius 2 is 2.25 bits per heavy atom. The molecule has 0 bridgehead atoms. The van der Waals surface area contributed by atoms with Crippen LogP contribution in [0.15, 0.2) is 0 Å². The summed E-state index contributed by atoms with van der Waals surface area (Å²) in [6.45, 7) is 1.18. The fourth-order valence-electron chi connectivity index (χ4n) is 0.203. The van der Waals surface area contributed by atoms with Crippen molar-refractivity contribution in [3.05, 3.63) is 0 Å². The second-order valence-corrected chi connectivity index (χ2v) is 0.949. The first-order valence-corrected chi connectivity index (χ1v) is 2.05. The van der Waals surface area contributed by atoms with Gasteiger partial charge in [-0.3, -0.25) is 4.79 Å². The third kappa shape index (κ3) is 6.43. The first kappa shape index (κ1) is 11.3. The summed E-state index contributed by atoms with van der Waals surface area (Å²) in [5.74, 6) is -0.678. The van der Waals surface area contributed by atoms with Gasteiger partial charge >= 0.3 is 29.6 Å². The zero-order valence-corrected chi connectivity index (χ0v) is 7.14. The SMILES string of the molecule is CCOC(=O)C[O-].[Na+]. The monoisotopic (exact) mass is 126 g/mol. The molecule has 4 heteroatoms. The summed E-state index contributed by atoms with van der Waals surface area (Å²) in [6, 6.07) is 0. The van der Waals surface area contributed by atoms with Gasteiger partial charge < -0.3 is 9.84 Å². The number of carbonyl (C=O) groups excluding carboxylic acids is 1. The molecule has 0 unspecified atom stereocenters. The molecule has 0 spiro atoms. The van der Waals surface area contributed by atoms with Gasteiger partial charge in [-0.15, -0.1) is 0 Å². The van der Waals surface area contributed by atoms with Crippen LogP contribution in [0.2, 0.25) is 0 Å². The Labute approximate surface area is 70.3 Å². The van der Waals surface area contributed by atoms with E-state index in [0.29, 0.717) is 6.61 Å². The molecule has 0 amide bonds. The molecule has 0 rings (SSSR count). The van der Waals surface area contributed by atoms with E-state index in [1.54, 1.807) is 6.92 Å². The summed E-state index contributed by atoms with van der Waals surface area (Å²) in [5.41, 5.74) is 0. The van der Waals surface area contributed by atoms with Gasteiger partial charge in [0.1, 0.15) is 0 Å². The molecule has 0 aliphatic carbocycles. The first-order valence-electron chi connectivity index (χ1n) is 2.05. The Morgan fingerprint density at radius 3 is 2.38 bits per heavy atom. The molecule has 0 saturated carbocycles. The zero-order chi connectivity index (χ0) is 5.70. The predicted octanol–water partition coefficient (Wildman–Crippen LogP) is -4.09. The van der Waals surface area contributed by atoms with E-state index in [2.05, 4.69) is 4.74 Å². The molecule has 0 aromatic rings. The standard InChI is InChI=1S/C4H7O3.Na/c1-2-7-4(6)3-5;/h2-3H2,1H3;/q-1;+1. The second kappa shape index (κ2) is 7.43. The van der Waals surface area contributed by atoms with Gasteiger partial charge in [-0.05, 0) is 13.5 Å². The van der Waals surface area contributed by atoms with Crippen molar-refractivity contribution in [3.63, 3.8) is 0 Å². The average molecular weight is 126 g/mol. The molecule has 0 radical (unpaired) electrons. The van der Waals surface area contributed by atoms with E-state index < -0.39 is 12.6 Å². The van der Waals surface area contributed by atoms with E-state index in [1.165, 1.54) is 0 Å². The summed E-state index contributed by atoms with van der Waals surface area (Å²) in [5, 5.41) is 9.55. The molecule has 0 atom stereocenters. The van der Waals surface area contributed by atoms with Gasteiger partial charge in [-0.2, -0.15) is 0 Å². The van der Waals surface area contributed by atoms with Crippen molar-refractivity contribution >= 4 is 5.97 Å². The van der Waals surface area contributed by atoms with Crippen molar-refractivity contribution in [2.75, 3.05) is 13.2 Å². The predicted molar refractivity (Wildman–Crippen MR) is 21.5 cm³/mol. The van der Waals surface area contributed by atoms with E-state index in [0.717, 1.165) is 0 Å². The minimum absolute atomic E-state index is 0. The molecule has 8 heavy (non-hydrogen) atoms. The molecule has 3 nitrogen and oxygen atoms in total. The van der Waals surface area contributed by atoms with Crippen LogP contribution < -0.4 is 34.7 Å². The van der Waals surface area contributed by atoms with Crippen LogP contribution in [0.3, 0.4) is 0 Å². The summed E-state index contributed by atoms with van der Waals surface area (Å²) < 4.78 is 4.24. The number of rotatable bonds is 2. The maximum atomic E-state index is 9.88. The molecular formula is C4H7NaO3. The molecule has 0 aliphatic heterocycles. The average Bonchev–Trinajstić information content (AvgIpc) is 1.68. The second-order valence-electron chi connectivity index (χ2n) is 0.949. The summed E-state index contributed by atoms with van der Waals surface area (Å²) in [7, 11) is 0. The number of hydrogen-bond acceptors (Lipinski definition) is 3. The molecule has 0 fully saturated rings. The van der Waals surface area contributed by atoms with Crippen LogP contribution in [0.4, 0.5) is 0 Å². The maximum Gasteiger partial charge on any atom is 1.00 e. The largest absolute Gasteiger partial charge is 1.00 e. The van der Waals surface area contributed by atoms with Crippen LogP contribution in [0.25, 0.3) is 0 Å². The molecule has 0 N–H and O–H groups in total. The maximum absolute atomic E-state index is 9.88. The van der Waals surface area contributed by atoms with Crippen molar-refractivity contribution < 1.29 is 44.2 Å². The quantitative estimate of drug-likeness (QED) is 0.279. The van der Waals surface area contributed by atoms with E-state index >= 15 is 0 Å². The molecule has 0 aromatic carbocycles. The van der Waals surface area contributed by atoms with Gasteiger partial charge in [0.2, 0.25) is 0 Å². The minimum atomic E-state index is -0.770. The zero-order valence-electron chi connectivity index (χ0n) is 5.14. The Morgan fingerprint density at radius 1 is 1.75 bits per heavy atom. The Bertz CT molecular complexity index is 64.3. The van der Waals surface area contributed by atoms with Gasteiger partial charge in [0.25, 0.3) is 5.97 Å². The summed E-state index contributed by atoms with van der Waals surface area (Å²) in [4.78, 5) is 9.88. The molecule has 0 saturated heterocycles. The molecular weight excluding hydrogens is 119 g/mol. The van der Waals surface area contributed by atoms with E-state index in [4.69, 9.17) is 0 Å². The Kier molecular flexibility index (Phi) is 10.5.